The Balaban J connectivity index is 1.52. The summed E-state index contributed by atoms with van der Waals surface area (Å²) in [4.78, 5) is 37.3. The van der Waals surface area contributed by atoms with Crippen LogP contribution < -0.4 is 9.80 Å². The fourth-order valence-electron chi connectivity index (χ4n) is 3.76. The van der Waals surface area contributed by atoms with Crippen molar-refractivity contribution in [3.05, 3.63) is 60.7 Å². The Kier molecular flexibility index (Phi) is 5.37. The zero-order chi connectivity index (χ0) is 20.4. The van der Waals surface area contributed by atoms with Gasteiger partial charge in [-0.15, -0.1) is 0 Å². The first-order chi connectivity index (χ1) is 14.0. The summed E-state index contributed by atoms with van der Waals surface area (Å²) >= 11 is 0. The molecule has 8 heteroatoms. The minimum absolute atomic E-state index is 0.0958. The number of amides is 4. The van der Waals surface area contributed by atoms with Crippen LogP contribution in [-0.4, -0.2) is 79.1 Å². The predicted molar refractivity (Wildman–Crippen MR) is 112 cm³/mol. The highest BCUT2D eigenvalue weighted by atomic mass is 16.2. The molecule has 2 aromatic rings. The third kappa shape index (κ3) is 4.03. The van der Waals surface area contributed by atoms with Crippen LogP contribution in [0.4, 0.5) is 21.0 Å². The molecule has 0 atom stereocenters. The average molecular weight is 394 g/mol. The Hall–Kier alpha value is -3.10. The van der Waals surface area contributed by atoms with Gasteiger partial charge in [-0.3, -0.25) is 29.4 Å². The van der Waals surface area contributed by atoms with Gasteiger partial charge in [-0.1, -0.05) is 36.4 Å². The van der Waals surface area contributed by atoms with Gasteiger partial charge in [-0.05, 0) is 38.4 Å². The molecule has 152 valence electrons. The van der Waals surface area contributed by atoms with Crippen LogP contribution in [-0.2, 0) is 0 Å². The summed E-state index contributed by atoms with van der Waals surface area (Å²) in [6.07, 6.45) is 0. The van der Waals surface area contributed by atoms with Crippen molar-refractivity contribution in [2.24, 2.45) is 0 Å². The van der Waals surface area contributed by atoms with E-state index in [4.69, 9.17) is 0 Å². The fourth-order valence-corrected chi connectivity index (χ4v) is 3.76. The molecule has 2 aromatic carbocycles. The van der Waals surface area contributed by atoms with E-state index in [1.54, 1.807) is 19.6 Å². The summed E-state index contributed by atoms with van der Waals surface area (Å²) in [5, 5.41) is 0. The van der Waals surface area contributed by atoms with Gasteiger partial charge in [0.05, 0.1) is 26.7 Å². The summed E-state index contributed by atoms with van der Waals surface area (Å²) in [6.45, 7) is 2.22. The van der Waals surface area contributed by atoms with Gasteiger partial charge in [-0.2, -0.15) is 0 Å². The van der Waals surface area contributed by atoms with Gasteiger partial charge in [0.15, 0.2) is 0 Å². The molecule has 8 nitrogen and oxygen atoms in total. The van der Waals surface area contributed by atoms with Crippen LogP contribution in [0.1, 0.15) is 0 Å². The van der Waals surface area contributed by atoms with Crippen molar-refractivity contribution in [2.75, 3.05) is 57.2 Å². The summed E-state index contributed by atoms with van der Waals surface area (Å²) in [7, 11) is 3.94. The molecule has 4 amide bonds. The second-order valence-corrected chi connectivity index (χ2v) is 7.59. The largest absolute Gasteiger partial charge is 0.328 e. The van der Waals surface area contributed by atoms with E-state index >= 15 is 0 Å². The lowest BCUT2D eigenvalue weighted by Crippen LogP contribution is -2.64. The predicted octanol–water partition coefficient (Wildman–Crippen LogP) is 2.52. The van der Waals surface area contributed by atoms with Gasteiger partial charge in [0.25, 0.3) is 0 Å². The van der Waals surface area contributed by atoms with Gasteiger partial charge < -0.3 is 0 Å². The summed E-state index contributed by atoms with van der Waals surface area (Å²) in [5.41, 5.74) is 1.70. The third-order valence-corrected chi connectivity index (χ3v) is 5.07. The SMILES string of the molecule is CN1CN(CN2CN(C)CN(c3ccccc3)C2=O)C(=O)N(c2ccccc2)C1. The van der Waals surface area contributed by atoms with Crippen LogP contribution in [0, 0.1) is 0 Å². The number of hydrogen-bond acceptors (Lipinski definition) is 4. The van der Waals surface area contributed by atoms with E-state index in [1.165, 1.54) is 0 Å². The van der Waals surface area contributed by atoms with Gasteiger partial charge in [0.2, 0.25) is 0 Å². The molecule has 0 spiro atoms. The maximum Gasteiger partial charge on any atom is 0.328 e. The quantitative estimate of drug-likeness (QED) is 0.800. The molecule has 0 N–H and O–H groups in total. The second-order valence-electron chi connectivity index (χ2n) is 7.59. The highest BCUT2D eigenvalue weighted by Gasteiger charge is 2.35. The molecule has 0 aliphatic carbocycles. The van der Waals surface area contributed by atoms with Gasteiger partial charge in [0, 0.05) is 11.4 Å². The summed E-state index contributed by atoms with van der Waals surface area (Å²) in [6, 6.07) is 19.0. The van der Waals surface area contributed by atoms with E-state index in [0.717, 1.165) is 11.4 Å². The molecule has 2 saturated heterocycles. The molecule has 2 heterocycles. The third-order valence-electron chi connectivity index (χ3n) is 5.07. The molecule has 0 saturated carbocycles. The van der Waals surface area contributed by atoms with Gasteiger partial charge in [0.1, 0.15) is 6.67 Å². The number of carbonyl (C=O) groups is 2. The molecule has 0 unspecified atom stereocenters. The number of anilines is 2. The Bertz CT molecular complexity index is 790. The molecule has 2 aliphatic rings. The Labute approximate surface area is 171 Å². The van der Waals surface area contributed by atoms with Crippen molar-refractivity contribution in [3.8, 4) is 0 Å². The zero-order valence-corrected chi connectivity index (χ0v) is 16.8. The first-order valence-corrected chi connectivity index (χ1v) is 9.63. The van der Waals surface area contributed by atoms with Crippen molar-refractivity contribution >= 4 is 23.4 Å². The van der Waals surface area contributed by atoms with Crippen molar-refractivity contribution in [1.82, 2.24) is 19.6 Å². The maximum absolute atomic E-state index is 13.1. The molecular formula is C21H26N6O2. The van der Waals surface area contributed by atoms with Crippen LogP contribution in [0.5, 0.6) is 0 Å². The number of carbonyl (C=O) groups excluding carboxylic acids is 2. The molecule has 2 aliphatic heterocycles. The topological polar surface area (TPSA) is 53.6 Å². The van der Waals surface area contributed by atoms with Crippen molar-refractivity contribution in [3.63, 3.8) is 0 Å². The lowest BCUT2D eigenvalue weighted by molar-refractivity contribution is 0.0645. The van der Waals surface area contributed by atoms with Crippen molar-refractivity contribution < 1.29 is 9.59 Å². The molecule has 0 radical (unpaired) electrons. The number of para-hydroxylation sites is 2. The molecule has 2 fully saturated rings. The highest BCUT2D eigenvalue weighted by Crippen LogP contribution is 2.22. The van der Waals surface area contributed by atoms with Gasteiger partial charge >= 0.3 is 12.1 Å². The summed E-state index contributed by atoms with van der Waals surface area (Å²) in [5.74, 6) is 0. The van der Waals surface area contributed by atoms with Crippen LogP contribution >= 0.6 is 0 Å². The molecule has 0 bridgehead atoms. The number of rotatable bonds is 4. The van der Waals surface area contributed by atoms with Crippen LogP contribution in [0.2, 0.25) is 0 Å². The monoisotopic (exact) mass is 394 g/mol. The fraction of sp³-hybridized carbons (Fsp3) is 0.333. The zero-order valence-electron chi connectivity index (χ0n) is 16.8. The molecule has 29 heavy (non-hydrogen) atoms. The lowest BCUT2D eigenvalue weighted by Gasteiger charge is -2.45. The lowest BCUT2D eigenvalue weighted by atomic mass is 10.3. The van der Waals surface area contributed by atoms with Crippen LogP contribution in [0.15, 0.2) is 60.7 Å². The minimum atomic E-state index is -0.0958. The molecule has 0 aromatic heterocycles. The summed E-state index contributed by atoms with van der Waals surface area (Å²) < 4.78 is 0. The average Bonchev–Trinajstić information content (AvgIpc) is 2.74. The van der Waals surface area contributed by atoms with E-state index in [9.17, 15) is 9.59 Å². The van der Waals surface area contributed by atoms with Crippen molar-refractivity contribution in [1.29, 1.82) is 0 Å². The van der Waals surface area contributed by atoms with Crippen LogP contribution in [0.3, 0.4) is 0 Å². The Morgan fingerprint density at radius 1 is 0.621 bits per heavy atom. The smallest absolute Gasteiger partial charge is 0.293 e. The van der Waals surface area contributed by atoms with E-state index < -0.39 is 0 Å². The molecular weight excluding hydrogens is 368 g/mol. The second kappa shape index (κ2) is 8.10. The standard InChI is InChI=1S/C21H26N6O2/c1-22-13-24(20(28)26(15-22)18-9-5-3-6-10-18)17-25-14-23(2)16-27(21(25)29)19-11-7-4-8-12-19/h3-12H,13-17H2,1-2H3. The van der Waals surface area contributed by atoms with Crippen LogP contribution in [0.25, 0.3) is 0 Å². The first-order valence-electron chi connectivity index (χ1n) is 9.63. The highest BCUT2D eigenvalue weighted by molar-refractivity contribution is 5.94. The Morgan fingerprint density at radius 2 is 1.00 bits per heavy atom. The number of benzene rings is 2. The van der Waals surface area contributed by atoms with E-state index in [1.807, 2.05) is 74.8 Å². The van der Waals surface area contributed by atoms with E-state index in [0.29, 0.717) is 26.7 Å². The van der Waals surface area contributed by atoms with E-state index in [2.05, 4.69) is 9.80 Å². The first kappa shape index (κ1) is 19.2. The number of nitrogens with zero attached hydrogens (tertiary/aromatic N) is 6. The Morgan fingerprint density at radius 3 is 1.38 bits per heavy atom. The minimum Gasteiger partial charge on any atom is -0.293 e. The van der Waals surface area contributed by atoms with Gasteiger partial charge in [-0.25, -0.2) is 9.59 Å². The molecule has 4 rings (SSSR count). The normalized spacial score (nSPS) is 19.2. The number of hydrogen-bond donors (Lipinski definition) is 0. The van der Waals surface area contributed by atoms with Crippen molar-refractivity contribution in [2.45, 2.75) is 0 Å². The maximum atomic E-state index is 13.1. The number of urea groups is 2. The van der Waals surface area contributed by atoms with E-state index in [-0.39, 0.29) is 18.7 Å².